The van der Waals surface area contributed by atoms with E-state index in [1.165, 1.54) is 30.6 Å². The summed E-state index contributed by atoms with van der Waals surface area (Å²) in [6.07, 6.45) is 5.32. The van der Waals surface area contributed by atoms with Gasteiger partial charge in [0.15, 0.2) is 0 Å². The van der Waals surface area contributed by atoms with Gasteiger partial charge in [-0.15, -0.1) is 11.8 Å². The Labute approximate surface area is 159 Å². The lowest BCUT2D eigenvalue weighted by molar-refractivity contribution is -0.121. The van der Waals surface area contributed by atoms with Gasteiger partial charge in [0.05, 0.1) is 13.7 Å². The van der Waals surface area contributed by atoms with E-state index in [1.54, 1.807) is 7.11 Å². The second-order valence-corrected chi connectivity index (χ2v) is 7.81. The number of rotatable bonds is 8. The highest BCUT2D eigenvalue weighted by Gasteiger charge is 2.15. The molecule has 0 saturated heterocycles. The Morgan fingerprint density at radius 3 is 2.65 bits per heavy atom. The van der Waals surface area contributed by atoms with Gasteiger partial charge in [0.2, 0.25) is 5.91 Å². The van der Waals surface area contributed by atoms with Crippen LogP contribution >= 0.6 is 11.8 Å². The standard InChI is InChI=1S/C21H25NO3S/c1-24-18-6-4-5-16(13-18)14-25-15-21(23)22-17-9-11-20(12-10-17)26-19-7-2-3-8-19/h4-6,9-13,19H,2-3,7-8,14-15H2,1H3,(H,22,23). The van der Waals surface area contributed by atoms with E-state index in [-0.39, 0.29) is 12.5 Å². The fourth-order valence-corrected chi connectivity index (χ4v) is 4.28. The molecule has 1 fully saturated rings. The Bertz CT molecular complexity index is 711. The first kappa shape index (κ1) is 18.8. The van der Waals surface area contributed by atoms with Crippen molar-refractivity contribution in [3.05, 3.63) is 54.1 Å². The Morgan fingerprint density at radius 1 is 1.15 bits per heavy atom. The molecule has 5 heteroatoms. The van der Waals surface area contributed by atoms with Crippen LogP contribution in [-0.2, 0) is 16.1 Å². The fourth-order valence-electron chi connectivity index (χ4n) is 3.04. The lowest BCUT2D eigenvalue weighted by atomic mass is 10.2. The zero-order valence-corrected chi connectivity index (χ0v) is 15.9. The normalized spacial score (nSPS) is 14.3. The van der Waals surface area contributed by atoms with Gasteiger partial charge in [-0.05, 0) is 54.8 Å². The molecule has 0 bridgehead atoms. The van der Waals surface area contributed by atoms with Crippen LogP contribution in [0.25, 0.3) is 0 Å². The van der Waals surface area contributed by atoms with Crippen LogP contribution in [0.15, 0.2) is 53.4 Å². The van der Waals surface area contributed by atoms with Crippen LogP contribution in [-0.4, -0.2) is 24.9 Å². The molecule has 0 heterocycles. The topological polar surface area (TPSA) is 47.6 Å². The van der Waals surface area contributed by atoms with Crippen LogP contribution in [0, 0.1) is 0 Å². The Kier molecular flexibility index (Phi) is 6.97. The van der Waals surface area contributed by atoms with Crippen molar-refractivity contribution in [1.82, 2.24) is 0 Å². The maximum atomic E-state index is 12.0. The van der Waals surface area contributed by atoms with Gasteiger partial charge in [-0.3, -0.25) is 4.79 Å². The van der Waals surface area contributed by atoms with Crippen molar-refractivity contribution in [2.75, 3.05) is 19.0 Å². The molecule has 0 spiro atoms. The number of methoxy groups -OCH3 is 1. The Balaban J connectivity index is 1.41. The third-order valence-electron chi connectivity index (χ3n) is 4.38. The highest BCUT2D eigenvalue weighted by Crippen LogP contribution is 2.34. The van der Waals surface area contributed by atoms with E-state index in [9.17, 15) is 4.79 Å². The Morgan fingerprint density at radius 2 is 1.92 bits per heavy atom. The third-order valence-corrected chi connectivity index (χ3v) is 5.73. The number of benzene rings is 2. The number of nitrogens with one attached hydrogen (secondary N) is 1. The first-order valence-corrected chi connectivity index (χ1v) is 9.88. The molecule has 2 aromatic rings. The van der Waals surface area contributed by atoms with Crippen molar-refractivity contribution >= 4 is 23.4 Å². The number of thioether (sulfide) groups is 1. The maximum Gasteiger partial charge on any atom is 0.250 e. The summed E-state index contributed by atoms with van der Waals surface area (Å²) >= 11 is 1.95. The number of hydrogen-bond acceptors (Lipinski definition) is 4. The zero-order valence-electron chi connectivity index (χ0n) is 15.1. The minimum Gasteiger partial charge on any atom is -0.497 e. The molecule has 0 radical (unpaired) electrons. The molecule has 0 aliphatic heterocycles. The maximum absolute atomic E-state index is 12.0. The van der Waals surface area contributed by atoms with Gasteiger partial charge < -0.3 is 14.8 Å². The van der Waals surface area contributed by atoms with Crippen LogP contribution in [0.1, 0.15) is 31.2 Å². The summed E-state index contributed by atoms with van der Waals surface area (Å²) in [4.78, 5) is 13.3. The summed E-state index contributed by atoms with van der Waals surface area (Å²) in [6.45, 7) is 0.400. The number of carbonyl (C=O) groups excluding carboxylic acids is 1. The summed E-state index contributed by atoms with van der Waals surface area (Å²) in [5.41, 5.74) is 1.78. The second-order valence-electron chi connectivity index (χ2n) is 6.44. The average Bonchev–Trinajstić information content (AvgIpc) is 3.16. The summed E-state index contributed by atoms with van der Waals surface area (Å²) in [5, 5.41) is 3.62. The molecule has 0 atom stereocenters. The molecule has 0 unspecified atom stereocenters. The zero-order chi connectivity index (χ0) is 18.2. The minimum atomic E-state index is -0.149. The largest absolute Gasteiger partial charge is 0.497 e. The van der Waals surface area contributed by atoms with Crippen molar-refractivity contribution < 1.29 is 14.3 Å². The molecule has 138 valence electrons. The van der Waals surface area contributed by atoms with E-state index >= 15 is 0 Å². The molecular formula is C21H25NO3S. The SMILES string of the molecule is COc1cccc(COCC(=O)Nc2ccc(SC3CCCC3)cc2)c1. The quantitative estimate of drug-likeness (QED) is 0.718. The molecule has 1 saturated carbocycles. The summed E-state index contributed by atoms with van der Waals surface area (Å²) in [7, 11) is 1.63. The first-order chi connectivity index (χ1) is 12.7. The van der Waals surface area contributed by atoms with Crippen molar-refractivity contribution in [2.45, 2.75) is 42.4 Å². The third kappa shape index (κ3) is 5.78. The van der Waals surface area contributed by atoms with E-state index in [0.717, 1.165) is 22.3 Å². The van der Waals surface area contributed by atoms with Gasteiger partial charge >= 0.3 is 0 Å². The highest BCUT2D eigenvalue weighted by molar-refractivity contribution is 8.00. The average molecular weight is 372 g/mol. The molecule has 0 aromatic heterocycles. The van der Waals surface area contributed by atoms with Crippen LogP contribution in [0.3, 0.4) is 0 Å². The predicted molar refractivity (Wildman–Crippen MR) is 106 cm³/mol. The van der Waals surface area contributed by atoms with E-state index in [4.69, 9.17) is 9.47 Å². The monoisotopic (exact) mass is 371 g/mol. The molecule has 26 heavy (non-hydrogen) atoms. The van der Waals surface area contributed by atoms with Gasteiger partial charge in [0.25, 0.3) is 0 Å². The predicted octanol–water partition coefficient (Wildman–Crippen LogP) is 4.89. The van der Waals surface area contributed by atoms with Crippen LogP contribution in [0.2, 0.25) is 0 Å². The molecule has 4 nitrogen and oxygen atoms in total. The molecule has 1 aliphatic rings. The molecule has 1 aliphatic carbocycles. The second kappa shape index (κ2) is 9.64. The Hall–Kier alpha value is -1.98. The number of hydrogen-bond donors (Lipinski definition) is 1. The molecule has 2 aromatic carbocycles. The van der Waals surface area contributed by atoms with Crippen LogP contribution in [0.4, 0.5) is 5.69 Å². The van der Waals surface area contributed by atoms with Crippen molar-refractivity contribution in [1.29, 1.82) is 0 Å². The summed E-state index contributed by atoms with van der Waals surface area (Å²) in [5.74, 6) is 0.634. The highest BCUT2D eigenvalue weighted by atomic mass is 32.2. The van der Waals surface area contributed by atoms with Crippen molar-refractivity contribution in [3.8, 4) is 5.75 Å². The number of ether oxygens (including phenoxy) is 2. The molecule has 3 rings (SSSR count). The molecule has 1 amide bonds. The van der Waals surface area contributed by atoms with E-state index < -0.39 is 0 Å². The number of anilines is 1. The molecule has 1 N–H and O–H groups in total. The van der Waals surface area contributed by atoms with Gasteiger partial charge in [-0.25, -0.2) is 0 Å². The van der Waals surface area contributed by atoms with Crippen molar-refractivity contribution in [3.63, 3.8) is 0 Å². The van der Waals surface area contributed by atoms with Crippen LogP contribution in [0.5, 0.6) is 5.75 Å². The van der Waals surface area contributed by atoms with E-state index in [2.05, 4.69) is 17.4 Å². The summed E-state index contributed by atoms with van der Waals surface area (Å²) < 4.78 is 10.7. The molecular weight excluding hydrogens is 346 g/mol. The first-order valence-electron chi connectivity index (χ1n) is 9.00. The summed E-state index contributed by atoms with van der Waals surface area (Å²) in [6, 6.07) is 15.7. The van der Waals surface area contributed by atoms with Gasteiger partial charge in [-0.2, -0.15) is 0 Å². The number of amides is 1. The fraction of sp³-hybridized carbons (Fsp3) is 0.381. The van der Waals surface area contributed by atoms with E-state index in [0.29, 0.717) is 6.61 Å². The van der Waals surface area contributed by atoms with Gasteiger partial charge in [0.1, 0.15) is 12.4 Å². The lowest BCUT2D eigenvalue weighted by Gasteiger charge is -2.10. The van der Waals surface area contributed by atoms with Gasteiger partial charge in [0, 0.05) is 15.8 Å². The van der Waals surface area contributed by atoms with E-state index in [1.807, 2.05) is 48.2 Å². The number of carbonyl (C=O) groups is 1. The lowest BCUT2D eigenvalue weighted by Crippen LogP contribution is -2.18. The van der Waals surface area contributed by atoms with Crippen molar-refractivity contribution in [2.24, 2.45) is 0 Å². The minimum absolute atomic E-state index is 0.0236. The van der Waals surface area contributed by atoms with Crippen LogP contribution < -0.4 is 10.1 Å². The van der Waals surface area contributed by atoms with Gasteiger partial charge in [-0.1, -0.05) is 25.0 Å². The smallest absolute Gasteiger partial charge is 0.250 e.